The highest BCUT2D eigenvalue weighted by Gasteiger charge is 1.98. The van der Waals surface area contributed by atoms with Crippen LogP contribution in [0.3, 0.4) is 0 Å². The Morgan fingerprint density at radius 1 is 1.11 bits per heavy atom. The number of hydrogen-bond donors (Lipinski definition) is 2. The molecule has 1 aromatic heterocycles. The molecule has 0 bridgehead atoms. The lowest BCUT2D eigenvalue weighted by Crippen LogP contribution is -2.05. The number of amides is 1. The summed E-state index contributed by atoms with van der Waals surface area (Å²) in [6, 6.07) is 11.2. The molecule has 4 nitrogen and oxygen atoms in total. The first kappa shape index (κ1) is 12.6. The van der Waals surface area contributed by atoms with E-state index in [1.54, 1.807) is 6.20 Å². The van der Waals surface area contributed by atoms with Crippen LogP contribution in [0.1, 0.15) is 6.92 Å². The van der Waals surface area contributed by atoms with Crippen LogP contribution in [0.2, 0.25) is 0 Å². The second kappa shape index (κ2) is 5.64. The number of pyridine rings is 1. The van der Waals surface area contributed by atoms with E-state index >= 15 is 0 Å². The highest BCUT2D eigenvalue weighted by molar-refractivity contribution is 9.10. The van der Waals surface area contributed by atoms with Gasteiger partial charge in [0.05, 0.1) is 0 Å². The average molecular weight is 306 g/mol. The van der Waals surface area contributed by atoms with Crippen LogP contribution in [0.15, 0.2) is 47.1 Å². The van der Waals surface area contributed by atoms with E-state index < -0.39 is 0 Å². The van der Waals surface area contributed by atoms with Crippen LogP contribution in [0.4, 0.5) is 17.2 Å². The SMILES string of the molecule is CC(=O)Nc1ccc(Nc2ccc(Br)cn2)cc1. The zero-order valence-corrected chi connectivity index (χ0v) is 11.4. The molecule has 92 valence electrons. The Balaban J connectivity index is 2.06. The van der Waals surface area contributed by atoms with E-state index in [0.717, 1.165) is 21.7 Å². The monoisotopic (exact) mass is 305 g/mol. The van der Waals surface area contributed by atoms with Gasteiger partial charge in [0.15, 0.2) is 0 Å². The Bertz CT molecular complexity index is 537. The van der Waals surface area contributed by atoms with Crippen LogP contribution in [0, 0.1) is 0 Å². The third kappa shape index (κ3) is 3.56. The van der Waals surface area contributed by atoms with Gasteiger partial charge >= 0.3 is 0 Å². The van der Waals surface area contributed by atoms with Crippen molar-refractivity contribution in [3.63, 3.8) is 0 Å². The van der Waals surface area contributed by atoms with Gasteiger partial charge in [0.2, 0.25) is 5.91 Å². The molecule has 0 fully saturated rings. The molecule has 5 heteroatoms. The van der Waals surface area contributed by atoms with Crippen LogP contribution in [-0.4, -0.2) is 10.9 Å². The molecule has 18 heavy (non-hydrogen) atoms. The predicted molar refractivity (Wildman–Crippen MR) is 76.0 cm³/mol. The van der Waals surface area contributed by atoms with Crippen molar-refractivity contribution in [2.45, 2.75) is 6.92 Å². The molecule has 1 heterocycles. The fourth-order valence-corrected chi connectivity index (χ4v) is 1.67. The molecular weight excluding hydrogens is 294 g/mol. The van der Waals surface area contributed by atoms with Crippen LogP contribution >= 0.6 is 15.9 Å². The quantitative estimate of drug-likeness (QED) is 0.912. The largest absolute Gasteiger partial charge is 0.340 e. The van der Waals surface area contributed by atoms with Crippen LogP contribution in [0.5, 0.6) is 0 Å². The fraction of sp³-hybridized carbons (Fsp3) is 0.0769. The molecule has 0 saturated carbocycles. The highest BCUT2D eigenvalue weighted by Crippen LogP contribution is 2.18. The molecule has 0 aliphatic carbocycles. The summed E-state index contributed by atoms with van der Waals surface area (Å²) in [5.74, 6) is 0.691. The minimum atomic E-state index is -0.0784. The highest BCUT2D eigenvalue weighted by atomic mass is 79.9. The maximum Gasteiger partial charge on any atom is 0.221 e. The lowest BCUT2D eigenvalue weighted by molar-refractivity contribution is -0.114. The Kier molecular flexibility index (Phi) is 3.94. The maximum atomic E-state index is 10.9. The molecule has 0 unspecified atom stereocenters. The lowest BCUT2D eigenvalue weighted by atomic mass is 10.2. The van der Waals surface area contributed by atoms with Crippen molar-refractivity contribution < 1.29 is 4.79 Å². The number of aromatic nitrogens is 1. The van der Waals surface area contributed by atoms with Gasteiger partial charge in [-0.3, -0.25) is 4.79 Å². The zero-order chi connectivity index (χ0) is 13.0. The zero-order valence-electron chi connectivity index (χ0n) is 9.77. The first-order chi connectivity index (χ1) is 8.63. The normalized spacial score (nSPS) is 9.89. The van der Waals surface area contributed by atoms with Crippen molar-refractivity contribution in [2.24, 2.45) is 0 Å². The first-order valence-corrected chi connectivity index (χ1v) is 6.19. The van der Waals surface area contributed by atoms with Gasteiger partial charge in [0, 0.05) is 29.0 Å². The van der Waals surface area contributed by atoms with Gasteiger partial charge in [-0.15, -0.1) is 0 Å². The Morgan fingerprint density at radius 2 is 1.78 bits per heavy atom. The van der Waals surface area contributed by atoms with Crippen molar-refractivity contribution in [3.8, 4) is 0 Å². The van der Waals surface area contributed by atoms with Gasteiger partial charge < -0.3 is 10.6 Å². The van der Waals surface area contributed by atoms with Crippen molar-refractivity contribution >= 4 is 39.0 Å². The van der Waals surface area contributed by atoms with Gasteiger partial charge in [-0.25, -0.2) is 4.98 Å². The summed E-state index contributed by atoms with van der Waals surface area (Å²) >= 11 is 3.33. The Morgan fingerprint density at radius 3 is 2.33 bits per heavy atom. The summed E-state index contributed by atoms with van der Waals surface area (Å²) in [5.41, 5.74) is 1.69. The van der Waals surface area contributed by atoms with Gasteiger partial charge in [-0.05, 0) is 52.3 Å². The molecule has 0 aliphatic heterocycles. The smallest absolute Gasteiger partial charge is 0.221 e. The lowest BCUT2D eigenvalue weighted by Gasteiger charge is -2.07. The maximum absolute atomic E-state index is 10.9. The average Bonchev–Trinajstić information content (AvgIpc) is 2.34. The number of rotatable bonds is 3. The molecular formula is C13H12BrN3O. The standard InChI is InChI=1S/C13H12BrN3O/c1-9(18)16-11-3-5-12(6-4-11)17-13-7-2-10(14)8-15-13/h2-8H,1H3,(H,15,17)(H,16,18). The van der Waals surface area contributed by atoms with Gasteiger partial charge in [-0.2, -0.15) is 0 Å². The summed E-state index contributed by atoms with van der Waals surface area (Å²) in [7, 11) is 0. The topological polar surface area (TPSA) is 54.0 Å². The molecule has 0 atom stereocenters. The van der Waals surface area contributed by atoms with Crippen LogP contribution in [0.25, 0.3) is 0 Å². The van der Waals surface area contributed by atoms with Gasteiger partial charge in [0.1, 0.15) is 5.82 Å². The minimum Gasteiger partial charge on any atom is -0.340 e. The van der Waals surface area contributed by atoms with Crippen molar-refractivity contribution in [1.82, 2.24) is 4.98 Å². The number of carbonyl (C=O) groups excluding carboxylic acids is 1. The molecule has 0 aliphatic rings. The molecule has 0 saturated heterocycles. The molecule has 0 spiro atoms. The van der Waals surface area contributed by atoms with Crippen LogP contribution in [-0.2, 0) is 4.79 Å². The summed E-state index contributed by atoms with van der Waals surface area (Å²) in [6.45, 7) is 1.48. The number of nitrogens with one attached hydrogen (secondary N) is 2. The molecule has 1 amide bonds. The molecule has 2 aromatic rings. The predicted octanol–water partition coefficient (Wildman–Crippen LogP) is 3.55. The van der Waals surface area contributed by atoms with E-state index in [2.05, 4.69) is 31.5 Å². The number of benzene rings is 1. The minimum absolute atomic E-state index is 0.0784. The number of anilines is 3. The molecule has 2 rings (SSSR count). The number of hydrogen-bond acceptors (Lipinski definition) is 3. The van der Waals surface area contributed by atoms with E-state index in [-0.39, 0.29) is 5.91 Å². The molecule has 1 aromatic carbocycles. The summed E-state index contributed by atoms with van der Waals surface area (Å²) in [4.78, 5) is 15.1. The Hall–Kier alpha value is -1.88. The van der Waals surface area contributed by atoms with Crippen LogP contribution < -0.4 is 10.6 Å². The van der Waals surface area contributed by atoms with Gasteiger partial charge in [0.25, 0.3) is 0 Å². The first-order valence-electron chi connectivity index (χ1n) is 5.40. The third-order valence-corrected chi connectivity index (χ3v) is 2.67. The van der Waals surface area contributed by atoms with Crippen molar-refractivity contribution in [2.75, 3.05) is 10.6 Å². The number of carbonyl (C=O) groups is 1. The van der Waals surface area contributed by atoms with E-state index in [9.17, 15) is 4.79 Å². The van der Waals surface area contributed by atoms with Crippen molar-refractivity contribution in [3.05, 3.63) is 47.1 Å². The van der Waals surface area contributed by atoms with Gasteiger partial charge in [-0.1, -0.05) is 0 Å². The Labute approximate surface area is 114 Å². The summed E-state index contributed by atoms with van der Waals surface area (Å²) in [5, 5.41) is 5.88. The number of halogens is 1. The molecule has 0 radical (unpaired) electrons. The second-order valence-corrected chi connectivity index (χ2v) is 4.66. The fourth-order valence-electron chi connectivity index (χ4n) is 1.44. The summed E-state index contributed by atoms with van der Waals surface area (Å²) < 4.78 is 0.939. The van der Waals surface area contributed by atoms with Crippen molar-refractivity contribution in [1.29, 1.82) is 0 Å². The van der Waals surface area contributed by atoms with E-state index in [4.69, 9.17) is 0 Å². The van der Waals surface area contributed by atoms with E-state index in [1.165, 1.54) is 6.92 Å². The second-order valence-electron chi connectivity index (χ2n) is 3.75. The van der Waals surface area contributed by atoms with E-state index in [1.807, 2.05) is 36.4 Å². The number of nitrogens with zero attached hydrogens (tertiary/aromatic N) is 1. The van der Waals surface area contributed by atoms with E-state index in [0.29, 0.717) is 0 Å². The third-order valence-electron chi connectivity index (χ3n) is 2.21. The molecule has 2 N–H and O–H groups in total. The summed E-state index contributed by atoms with van der Waals surface area (Å²) in [6.07, 6.45) is 1.73.